The molecule has 1 aliphatic heterocycles. The maximum atomic E-state index is 3.59. The van der Waals surface area contributed by atoms with Crippen LogP contribution in [0, 0.1) is 17.8 Å². The Morgan fingerprint density at radius 2 is 1.69 bits per heavy atom. The standard InChI is InChI=1S/C14H30N2/c1-12(2)9-15-10-14-5-7-16(8-6-14)11-13(3)4/h12-15H,5-11H2,1-4H3. The molecule has 16 heavy (non-hydrogen) atoms. The summed E-state index contributed by atoms with van der Waals surface area (Å²) in [5, 5.41) is 3.59. The quantitative estimate of drug-likeness (QED) is 0.749. The smallest absolute Gasteiger partial charge is 0.000439 e. The molecule has 0 amide bonds. The van der Waals surface area contributed by atoms with E-state index in [1.165, 1.54) is 45.6 Å². The first-order valence-corrected chi connectivity index (χ1v) is 7.01. The average Bonchev–Trinajstić information content (AvgIpc) is 2.19. The van der Waals surface area contributed by atoms with Crippen molar-refractivity contribution in [2.24, 2.45) is 17.8 Å². The van der Waals surface area contributed by atoms with E-state index in [2.05, 4.69) is 37.9 Å². The lowest BCUT2D eigenvalue weighted by Crippen LogP contribution is -2.39. The van der Waals surface area contributed by atoms with Gasteiger partial charge in [0.25, 0.3) is 0 Å². The minimum Gasteiger partial charge on any atom is -0.316 e. The molecule has 1 aliphatic rings. The van der Waals surface area contributed by atoms with Crippen molar-refractivity contribution in [3.05, 3.63) is 0 Å². The molecule has 0 aromatic rings. The van der Waals surface area contributed by atoms with Crippen molar-refractivity contribution in [3.8, 4) is 0 Å². The van der Waals surface area contributed by atoms with Gasteiger partial charge in [-0.05, 0) is 56.8 Å². The van der Waals surface area contributed by atoms with E-state index in [4.69, 9.17) is 0 Å². The molecular formula is C14H30N2. The predicted octanol–water partition coefficient (Wildman–Crippen LogP) is 2.60. The minimum atomic E-state index is 0.779. The van der Waals surface area contributed by atoms with E-state index in [9.17, 15) is 0 Å². The lowest BCUT2D eigenvalue weighted by atomic mass is 9.96. The maximum Gasteiger partial charge on any atom is 0.000439 e. The first kappa shape index (κ1) is 14.0. The van der Waals surface area contributed by atoms with Crippen molar-refractivity contribution in [1.29, 1.82) is 0 Å². The monoisotopic (exact) mass is 226 g/mol. The minimum absolute atomic E-state index is 0.779. The van der Waals surface area contributed by atoms with E-state index in [0.29, 0.717) is 0 Å². The van der Waals surface area contributed by atoms with Gasteiger partial charge in [-0.2, -0.15) is 0 Å². The van der Waals surface area contributed by atoms with Crippen LogP contribution in [0.25, 0.3) is 0 Å². The molecule has 2 heteroatoms. The van der Waals surface area contributed by atoms with Gasteiger partial charge < -0.3 is 10.2 Å². The van der Waals surface area contributed by atoms with E-state index in [1.54, 1.807) is 0 Å². The Bertz CT molecular complexity index is 170. The molecule has 0 atom stereocenters. The van der Waals surface area contributed by atoms with Crippen molar-refractivity contribution < 1.29 is 0 Å². The topological polar surface area (TPSA) is 15.3 Å². The molecule has 0 saturated carbocycles. The van der Waals surface area contributed by atoms with Crippen molar-refractivity contribution >= 4 is 0 Å². The van der Waals surface area contributed by atoms with Crippen molar-refractivity contribution in [1.82, 2.24) is 10.2 Å². The molecule has 1 fully saturated rings. The summed E-state index contributed by atoms with van der Waals surface area (Å²) < 4.78 is 0. The second kappa shape index (κ2) is 7.29. The zero-order valence-electron chi connectivity index (χ0n) is 11.6. The second-order valence-electron chi connectivity index (χ2n) is 6.19. The summed E-state index contributed by atoms with van der Waals surface area (Å²) in [6.45, 7) is 15.5. The first-order valence-electron chi connectivity index (χ1n) is 7.01. The Morgan fingerprint density at radius 1 is 1.06 bits per heavy atom. The number of nitrogens with one attached hydrogen (secondary N) is 1. The summed E-state index contributed by atoms with van der Waals surface area (Å²) in [4.78, 5) is 2.63. The zero-order valence-corrected chi connectivity index (χ0v) is 11.6. The number of nitrogens with zero attached hydrogens (tertiary/aromatic N) is 1. The van der Waals surface area contributed by atoms with Gasteiger partial charge in [-0.25, -0.2) is 0 Å². The molecule has 0 aromatic carbocycles. The summed E-state index contributed by atoms with van der Waals surface area (Å²) in [6, 6.07) is 0. The van der Waals surface area contributed by atoms with Crippen molar-refractivity contribution in [2.75, 3.05) is 32.7 Å². The molecule has 1 saturated heterocycles. The molecular weight excluding hydrogens is 196 g/mol. The molecule has 96 valence electrons. The lowest BCUT2D eigenvalue weighted by molar-refractivity contribution is 0.166. The van der Waals surface area contributed by atoms with Gasteiger partial charge in [0, 0.05) is 6.54 Å². The van der Waals surface area contributed by atoms with E-state index in [-0.39, 0.29) is 0 Å². The average molecular weight is 226 g/mol. The summed E-state index contributed by atoms with van der Waals surface area (Å²) in [5.41, 5.74) is 0. The van der Waals surface area contributed by atoms with Gasteiger partial charge in [-0.15, -0.1) is 0 Å². The number of hydrogen-bond donors (Lipinski definition) is 1. The van der Waals surface area contributed by atoms with Crippen LogP contribution in [0.1, 0.15) is 40.5 Å². The Hall–Kier alpha value is -0.0800. The summed E-state index contributed by atoms with van der Waals surface area (Å²) in [7, 11) is 0. The normalized spacial score (nSPS) is 19.9. The highest BCUT2D eigenvalue weighted by Gasteiger charge is 2.19. The molecule has 0 radical (unpaired) electrons. The van der Waals surface area contributed by atoms with Crippen LogP contribution in [-0.2, 0) is 0 Å². The number of piperidine rings is 1. The van der Waals surface area contributed by atoms with Gasteiger partial charge in [-0.3, -0.25) is 0 Å². The van der Waals surface area contributed by atoms with Crippen molar-refractivity contribution in [2.45, 2.75) is 40.5 Å². The molecule has 0 aromatic heterocycles. The molecule has 0 spiro atoms. The third kappa shape index (κ3) is 5.86. The predicted molar refractivity (Wildman–Crippen MR) is 71.7 cm³/mol. The summed E-state index contributed by atoms with van der Waals surface area (Å²) in [6.07, 6.45) is 2.77. The Morgan fingerprint density at radius 3 is 2.19 bits per heavy atom. The van der Waals surface area contributed by atoms with Crippen LogP contribution in [0.4, 0.5) is 0 Å². The third-order valence-electron chi connectivity index (χ3n) is 3.32. The molecule has 1 heterocycles. The highest BCUT2D eigenvalue weighted by molar-refractivity contribution is 4.74. The zero-order chi connectivity index (χ0) is 12.0. The summed E-state index contributed by atoms with van der Waals surface area (Å²) >= 11 is 0. The highest BCUT2D eigenvalue weighted by Crippen LogP contribution is 2.17. The van der Waals surface area contributed by atoms with Crippen LogP contribution in [0.3, 0.4) is 0 Å². The van der Waals surface area contributed by atoms with Crippen LogP contribution >= 0.6 is 0 Å². The fraction of sp³-hybridized carbons (Fsp3) is 1.00. The number of hydrogen-bond acceptors (Lipinski definition) is 2. The lowest BCUT2D eigenvalue weighted by Gasteiger charge is -2.33. The van der Waals surface area contributed by atoms with Crippen LogP contribution in [0.5, 0.6) is 0 Å². The second-order valence-corrected chi connectivity index (χ2v) is 6.19. The van der Waals surface area contributed by atoms with E-state index in [0.717, 1.165) is 17.8 Å². The summed E-state index contributed by atoms with van der Waals surface area (Å²) in [5.74, 6) is 2.51. The molecule has 0 unspecified atom stereocenters. The van der Waals surface area contributed by atoms with Crippen molar-refractivity contribution in [3.63, 3.8) is 0 Å². The van der Waals surface area contributed by atoms with Gasteiger partial charge in [0.2, 0.25) is 0 Å². The van der Waals surface area contributed by atoms with Gasteiger partial charge >= 0.3 is 0 Å². The van der Waals surface area contributed by atoms with Crippen LogP contribution in [0.15, 0.2) is 0 Å². The third-order valence-corrected chi connectivity index (χ3v) is 3.32. The first-order chi connectivity index (χ1) is 7.58. The molecule has 0 bridgehead atoms. The van der Waals surface area contributed by atoms with E-state index >= 15 is 0 Å². The number of rotatable bonds is 6. The van der Waals surface area contributed by atoms with E-state index in [1.807, 2.05) is 0 Å². The van der Waals surface area contributed by atoms with Gasteiger partial charge in [-0.1, -0.05) is 27.7 Å². The Balaban J connectivity index is 2.07. The maximum absolute atomic E-state index is 3.59. The van der Waals surface area contributed by atoms with Crippen LogP contribution in [0.2, 0.25) is 0 Å². The van der Waals surface area contributed by atoms with Crippen LogP contribution < -0.4 is 5.32 Å². The van der Waals surface area contributed by atoms with Gasteiger partial charge in [0.05, 0.1) is 0 Å². The van der Waals surface area contributed by atoms with Crippen LogP contribution in [-0.4, -0.2) is 37.6 Å². The molecule has 2 nitrogen and oxygen atoms in total. The Kier molecular flexibility index (Phi) is 6.37. The fourth-order valence-electron chi connectivity index (χ4n) is 2.47. The molecule has 1 N–H and O–H groups in total. The largest absolute Gasteiger partial charge is 0.316 e. The molecule has 0 aliphatic carbocycles. The number of likely N-dealkylation sites (tertiary alicyclic amines) is 1. The Labute approximate surface area is 102 Å². The molecule has 1 rings (SSSR count). The SMILES string of the molecule is CC(C)CNCC1CCN(CC(C)C)CC1. The van der Waals surface area contributed by atoms with E-state index < -0.39 is 0 Å². The fourth-order valence-corrected chi connectivity index (χ4v) is 2.47. The van der Waals surface area contributed by atoms with Gasteiger partial charge in [0.15, 0.2) is 0 Å². The van der Waals surface area contributed by atoms with Gasteiger partial charge in [0.1, 0.15) is 0 Å². The highest BCUT2D eigenvalue weighted by atomic mass is 15.1.